The van der Waals surface area contributed by atoms with Crippen LogP contribution in [-0.2, 0) is 4.74 Å². The molecule has 2 aromatic rings. The molecule has 6 heteroatoms. The lowest BCUT2D eigenvalue weighted by Crippen LogP contribution is -2.08. The molecule has 0 aliphatic rings. The lowest BCUT2D eigenvalue weighted by molar-refractivity contribution is 0.0602. The van der Waals surface area contributed by atoms with Crippen LogP contribution < -0.4 is 11.1 Å². The molecule has 0 aromatic heterocycles. The van der Waals surface area contributed by atoms with Crippen molar-refractivity contribution in [1.82, 2.24) is 0 Å². The molecule has 0 heterocycles. The van der Waals surface area contributed by atoms with Gasteiger partial charge in [-0.3, -0.25) is 0 Å². The molecule has 0 aliphatic carbocycles. The van der Waals surface area contributed by atoms with E-state index in [9.17, 15) is 9.18 Å². The van der Waals surface area contributed by atoms with Crippen LogP contribution in [0.25, 0.3) is 0 Å². The number of methoxy groups -OCH3 is 1. The number of anilines is 3. The van der Waals surface area contributed by atoms with Gasteiger partial charge in [0.25, 0.3) is 0 Å². The highest BCUT2D eigenvalue weighted by Crippen LogP contribution is 2.27. The van der Waals surface area contributed by atoms with Crippen molar-refractivity contribution in [2.24, 2.45) is 0 Å². The Kier molecular flexibility index (Phi) is 4.33. The van der Waals surface area contributed by atoms with E-state index in [4.69, 9.17) is 17.3 Å². The number of ether oxygens (including phenoxy) is 1. The van der Waals surface area contributed by atoms with Gasteiger partial charge in [0.2, 0.25) is 0 Å². The summed E-state index contributed by atoms with van der Waals surface area (Å²) in [5.74, 6) is -1.05. The van der Waals surface area contributed by atoms with E-state index in [1.54, 1.807) is 25.1 Å². The summed E-state index contributed by atoms with van der Waals surface area (Å²) in [4.78, 5) is 11.7. The Morgan fingerprint density at radius 3 is 2.62 bits per heavy atom. The van der Waals surface area contributed by atoms with E-state index in [0.717, 1.165) is 5.56 Å². The number of esters is 1. The first kappa shape index (κ1) is 15.1. The average Bonchev–Trinajstić information content (AvgIpc) is 2.45. The molecule has 0 aliphatic heterocycles. The summed E-state index contributed by atoms with van der Waals surface area (Å²) in [5, 5.41) is 3.04. The number of nitrogen functional groups attached to an aromatic ring is 1. The van der Waals surface area contributed by atoms with Crippen LogP contribution in [0.1, 0.15) is 15.9 Å². The van der Waals surface area contributed by atoms with Crippen LogP contribution in [0.15, 0.2) is 30.3 Å². The highest BCUT2D eigenvalue weighted by atomic mass is 35.5. The molecule has 0 radical (unpaired) electrons. The van der Waals surface area contributed by atoms with Crippen LogP contribution in [0.5, 0.6) is 0 Å². The first-order chi connectivity index (χ1) is 9.92. The monoisotopic (exact) mass is 308 g/mol. The normalized spacial score (nSPS) is 10.3. The fourth-order valence-corrected chi connectivity index (χ4v) is 2.01. The van der Waals surface area contributed by atoms with E-state index < -0.39 is 11.8 Å². The number of aryl methyl sites for hydroxylation is 1. The number of carbonyl (C=O) groups excluding carboxylic acids is 1. The molecule has 110 valence electrons. The molecule has 21 heavy (non-hydrogen) atoms. The summed E-state index contributed by atoms with van der Waals surface area (Å²) < 4.78 is 18.1. The van der Waals surface area contributed by atoms with E-state index in [-0.39, 0.29) is 10.6 Å². The largest absolute Gasteiger partial charge is 0.465 e. The smallest absolute Gasteiger partial charge is 0.340 e. The maximum Gasteiger partial charge on any atom is 0.340 e. The molecule has 0 atom stereocenters. The summed E-state index contributed by atoms with van der Waals surface area (Å²) in [6.45, 7) is 1.77. The van der Waals surface area contributed by atoms with Gasteiger partial charge in [-0.25, -0.2) is 9.18 Å². The first-order valence-corrected chi connectivity index (χ1v) is 6.50. The van der Waals surface area contributed by atoms with E-state index in [1.165, 1.54) is 19.2 Å². The van der Waals surface area contributed by atoms with Crippen LogP contribution in [0, 0.1) is 12.7 Å². The predicted octanol–water partition coefficient (Wildman–Crippen LogP) is 3.90. The van der Waals surface area contributed by atoms with Gasteiger partial charge in [-0.15, -0.1) is 0 Å². The molecule has 2 aromatic carbocycles. The third-order valence-electron chi connectivity index (χ3n) is 3.00. The summed E-state index contributed by atoms with van der Waals surface area (Å²) in [7, 11) is 1.28. The Bertz CT molecular complexity index is 704. The number of hydrogen-bond acceptors (Lipinski definition) is 4. The van der Waals surface area contributed by atoms with E-state index in [0.29, 0.717) is 17.1 Å². The minimum Gasteiger partial charge on any atom is -0.465 e. The van der Waals surface area contributed by atoms with Crippen LogP contribution in [0.2, 0.25) is 5.02 Å². The zero-order valence-corrected chi connectivity index (χ0v) is 12.3. The predicted molar refractivity (Wildman–Crippen MR) is 81.6 cm³/mol. The molecule has 0 amide bonds. The van der Waals surface area contributed by atoms with Crippen molar-refractivity contribution < 1.29 is 13.9 Å². The Hall–Kier alpha value is -2.27. The Balaban J connectivity index is 2.38. The number of nitrogens with two attached hydrogens (primary N) is 1. The zero-order chi connectivity index (χ0) is 15.6. The topological polar surface area (TPSA) is 64.3 Å². The fraction of sp³-hybridized carbons (Fsp3) is 0.133. The van der Waals surface area contributed by atoms with Crippen LogP contribution >= 0.6 is 11.6 Å². The van der Waals surface area contributed by atoms with E-state index in [1.807, 2.05) is 0 Å². The number of carbonyl (C=O) groups is 1. The van der Waals surface area contributed by atoms with Crippen LogP contribution in [0.3, 0.4) is 0 Å². The molecule has 0 spiro atoms. The lowest BCUT2D eigenvalue weighted by atomic mass is 10.1. The van der Waals surface area contributed by atoms with E-state index in [2.05, 4.69) is 10.1 Å². The molecule has 2 rings (SSSR count). The molecule has 0 unspecified atom stereocenters. The van der Waals surface area contributed by atoms with Gasteiger partial charge in [0.15, 0.2) is 0 Å². The number of benzene rings is 2. The third kappa shape index (κ3) is 3.25. The summed E-state index contributed by atoms with van der Waals surface area (Å²) in [6, 6.07) is 7.67. The van der Waals surface area contributed by atoms with Gasteiger partial charge in [0.1, 0.15) is 5.82 Å². The Morgan fingerprint density at radius 1 is 1.29 bits per heavy atom. The molecule has 0 saturated carbocycles. The van der Waals surface area contributed by atoms with Gasteiger partial charge in [-0.05, 0) is 42.8 Å². The molecule has 0 fully saturated rings. The second-order valence-corrected chi connectivity index (χ2v) is 4.91. The summed E-state index contributed by atoms with van der Waals surface area (Å²) in [5.41, 5.74) is 8.30. The lowest BCUT2D eigenvalue weighted by Gasteiger charge is -2.12. The van der Waals surface area contributed by atoms with Crippen molar-refractivity contribution in [2.75, 3.05) is 18.2 Å². The molecule has 4 nitrogen and oxygen atoms in total. The maximum atomic E-state index is 13.4. The quantitative estimate of drug-likeness (QED) is 0.666. The summed E-state index contributed by atoms with van der Waals surface area (Å²) in [6.07, 6.45) is 0. The van der Waals surface area contributed by atoms with Gasteiger partial charge in [-0.1, -0.05) is 11.6 Å². The van der Waals surface area contributed by atoms with Crippen molar-refractivity contribution in [3.8, 4) is 0 Å². The molecule has 0 bridgehead atoms. The number of hydrogen-bond donors (Lipinski definition) is 2. The first-order valence-electron chi connectivity index (χ1n) is 6.13. The standard InChI is InChI=1S/C15H14ClFN2O2/c1-8-5-10(6-11(14(8)18)15(20)21-2)19-9-3-4-12(16)13(17)7-9/h3-7,19H,18H2,1-2H3. The van der Waals surface area contributed by atoms with Crippen molar-refractivity contribution in [3.05, 3.63) is 52.3 Å². The highest BCUT2D eigenvalue weighted by molar-refractivity contribution is 6.30. The third-order valence-corrected chi connectivity index (χ3v) is 3.31. The average molecular weight is 309 g/mol. The molecular formula is C15H14ClFN2O2. The minimum absolute atomic E-state index is 0.0456. The van der Waals surface area contributed by atoms with Gasteiger partial charge < -0.3 is 15.8 Å². The molecule has 0 saturated heterocycles. The van der Waals surface area contributed by atoms with Crippen LogP contribution in [0.4, 0.5) is 21.5 Å². The van der Waals surface area contributed by atoms with Gasteiger partial charge in [0.05, 0.1) is 17.7 Å². The number of halogens is 2. The molecular weight excluding hydrogens is 295 g/mol. The van der Waals surface area contributed by atoms with E-state index >= 15 is 0 Å². The van der Waals surface area contributed by atoms with Gasteiger partial charge in [-0.2, -0.15) is 0 Å². The van der Waals surface area contributed by atoms with Gasteiger partial charge in [0, 0.05) is 17.1 Å². The number of nitrogens with one attached hydrogen (secondary N) is 1. The summed E-state index contributed by atoms with van der Waals surface area (Å²) >= 11 is 5.63. The highest BCUT2D eigenvalue weighted by Gasteiger charge is 2.13. The SMILES string of the molecule is COC(=O)c1cc(Nc2ccc(Cl)c(F)c2)cc(C)c1N. The van der Waals surface area contributed by atoms with Crippen molar-refractivity contribution >= 4 is 34.6 Å². The second kappa shape index (κ2) is 6.01. The molecule has 3 N–H and O–H groups in total. The second-order valence-electron chi connectivity index (χ2n) is 4.50. The minimum atomic E-state index is -0.526. The van der Waals surface area contributed by atoms with Crippen LogP contribution in [-0.4, -0.2) is 13.1 Å². The maximum absolute atomic E-state index is 13.4. The fourth-order valence-electron chi connectivity index (χ4n) is 1.89. The van der Waals surface area contributed by atoms with Crippen molar-refractivity contribution in [1.29, 1.82) is 0 Å². The van der Waals surface area contributed by atoms with Gasteiger partial charge >= 0.3 is 5.97 Å². The number of rotatable bonds is 3. The van der Waals surface area contributed by atoms with Crippen molar-refractivity contribution in [2.45, 2.75) is 6.92 Å². The Labute approximate surface area is 126 Å². The Morgan fingerprint density at radius 2 is 2.00 bits per heavy atom. The zero-order valence-electron chi connectivity index (χ0n) is 11.5. The van der Waals surface area contributed by atoms with Crippen molar-refractivity contribution in [3.63, 3.8) is 0 Å².